The Balaban J connectivity index is 2.68. The molecule has 15 nitrogen and oxygen atoms in total. The second-order valence-electron chi connectivity index (χ2n) is 16.7. The molecule has 1 aliphatic heterocycles. The molecule has 0 bridgehead atoms. The number of rotatable bonds is 10. The smallest absolute Gasteiger partial charge is 0.334 e. The van der Waals surface area contributed by atoms with E-state index in [9.17, 15) is 33.6 Å². The van der Waals surface area contributed by atoms with Crippen LogP contribution in [0.2, 0.25) is 0 Å². The first-order valence-corrected chi connectivity index (χ1v) is 22.8. The molecule has 0 aliphatic carbocycles. The number of benzene rings is 1. The van der Waals surface area contributed by atoms with Gasteiger partial charge in [-0.15, -0.1) is 11.8 Å². The predicted octanol–water partition coefficient (Wildman–Crippen LogP) is 4.58. The highest BCUT2D eigenvalue weighted by molar-refractivity contribution is 7.98. The molecule has 1 aromatic rings. The van der Waals surface area contributed by atoms with Crippen LogP contribution in [0.1, 0.15) is 94.1 Å². The van der Waals surface area contributed by atoms with Crippen molar-refractivity contribution in [2.75, 3.05) is 32.8 Å². The fraction of sp³-hybridized carbons (Fsp3) is 0.630. The number of likely N-dealkylation sites (N-methyl/N-ethyl adjacent to an activating group) is 2. The Labute approximate surface area is 372 Å². The molecule has 3 N–H and O–H groups in total. The largest absolute Gasteiger partial charge is 0.456 e. The lowest BCUT2D eigenvalue weighted by Gasteiger charge is -2.33. The zero-order valence-corrected chi connectivity index (χ0v) is 39.8. The van der Waals surface area contributed by atoms with Crippen molar-refractivity contribution in [2.45, 2.75) is 137 Å². The van der Waals surface area contributed by atoms with Crippen molar-refractivity contribution in [2.24, 2.45) is 17.8 Å². The Morgan fingerprint density at radius 3 is 2.13 bits per heavy atom. The van der Waals surface area contributed by atoms with Gasteiger partial charge in [0.05, 0.1) is 18.6 Å². The summed E-state index contributed by atoms with van der Waals surface area (Å²) < 4.78 is 18.1. The Bertz CT molecular complexity index is 1750. The number of thioether (sulfide) groups is 1. The molecule has 1 heterocycles. The van der Waals surface area contributed by atoms with E-state index < -0.39 is 96.4 Å². The molecule has 346 valence electrons. The highest BCUT2D eigenvalue weighted by Gasteiger charge is 2.37. The second-order valence-corrected chi connectivity index (χ2v) is 17.6. The molecule has 0 radical (unpaired) electrons. The Morgan fingerprint density at radius 2 is 1.55 bits per heavy atom. The lowest BCUT2D eigenvalue weighted by molar-refractivity contribution is -0.155. The lowest BCUT2D eigenvalue weighted by atomic mass is 9.90. The summed E-state index contributed by atoms with van der Waals surface area (Å²) >= 11 is 1.46. The number of nitrogens with zero attached hydrogens (tertiary/aromatic N) is 2. The molecule has 16 heteroatoms. The van der Waals surface area contributed by atoms with Gasteiger partial charge in [0, 0.05) is 32.0 Å². The summed E-state index contributed by atoms with van der Waals surface area (Å²) in [5, 5.41) is 8.17. The van der Waals surface area contributed by atoms with Gasteiger partial charge in [-0.05, 0) is 76.7 Å². The molecule has 5 amide bonds. The van der Waals surface area contributed by atoms with E-state index in [0.717, 1.165) is 11.1 Å². The zero-order valence-electron chi connectivity index (χ0n) is 38.9. The van der Waals surface area contributed by atoms with E-state index in [4.69, 9.17) is 14.2 Å². The first-order chi connectivity index (χ1) is 29.2. The summed E-state index contributed by atoms with van der Waals surface area (Å²) in [7, 11) is 2.88. The molecule has 9 atom stereocenters. The molecule has 2 unspecified atom stereocenters. The van der Waals surface area contributed by atoms with Crippen molar-refractivity contribution < 1.29 is 47.8 Å². The van der Waals surface area contributed by atoms with Crippen LogP contribution in [0, 0.1) is 17.8 Å². The number of allylic oxidation sites excluding steroid dienone is 1. The maximum absolute atomic E-state index is 14.2. The summed E-state index contributed by atoms with van der Waals surface area (Å²) in [6.07, 6.45) is 3.83. The van der Waals surface area contributed by atoms with Crippen LogP contribution in [-0.4, -0.2) is 127 Å². The number of carbonyl (C=O) groups is 7. The van der Waals surface area contributed by atoms with E-state index in [2.05, 4.69) is 16.0 Å². The Kier molecular flexibility index (Phi) is 22.5. The summed E-state index contributed by atoms with van der Waals surface area (Å²) in [5.41, 5.74) is 1.71. The predicted molar refractivity (Wildman–Crippen MR) is 240 cm³/mol. The molecule has 0 saturated heterocycles. The second kappa shape index (κ2) is 26.0. The van der Waals surface area contributed by atoms with Gasteiger partial charge in [0.2, 0.25) is 23.6 Å². The number of nitrogens with one attached hydrogen (secondary N) is 3. The summed E-state index contributed by atoms with van der Waals surface area (Å²) in [6, 6.07) is 4.65. The van der Waals surface area contributed by atoms with Crippen LogP contribution in [0.15, 0.2) is 53.6 Å². The van der Waals surface area contributed by atoms with Crippen molar-refractivity contribution in [3.8, 4) is 0 Å². The van der Waals surface area contributed by atoms with Gasteiger partial charge < -0.3 is 40.0 Å². The minimum absolute atomic E-state index is 0.0614. The van der Waals surface area contributed by atoms with Crippen LogP contribution >= 0.6 is 11.8 Å². The average Bonchev–Trinajstić information content (AvgIpc) is 3.24. The van der Waals surface area contributed by atoms with E-state index in [-0.39, 0.29) is 36.7 Å². The minimum atomic E-state index is -1.23. The Morgan fingerprint density at radius 1 is 0.919 bits per heavy atom. The number of esters is 2. The molecule has 62 heavy (non-hydrogen) atoms. The fourth-order valence-electron chi connectivity index (χ4n) is 6.91. The number of hydrogen-bond donors (Lipinski definition) is 3. The molecule has 2 rings (SSSR count). The number of amides is 5. The van der Waals surface area contributed by atoms with Gasteiger partial charge >= 0.3 is 11.9 Å². The Hall–Kier alpha value is -4.70. The molecule has 0 aromatic heterocycles. The van der Waals surface area contributed by atoms with Gasteiger partial charge in [0.1, 0.15) is 30.3 Å². The van der Waals surface area contributed by atoms with E-state index in [1.165, 1.54) is 49.5 Å². The highest BCUT2D eigenvalue weighted by Crippen LogP contribution is 2.26. The third kappa shape index (κ3) is 16.2. The van der Waals surface area contributed by atoms with E-state index >= 15 is 0 Å². The standard InChI is InChI=1S/C46H71N5O10S/c1-14-28(5)39-42(54)48-33(10)46(58)61-40(29(6)15-2)31(8)36(59-26-62-13)22-21-30(7)45(57)60-37(23-27(3)4)41(53)47-32(9)43(55)51(12)35(24-34-19-17-16-18-20-34)44(56)50(11)25-38(52)49-39/h15-21,27-28,31-33,35-37,39-40H,14,22-26H2,1-13H3,(H,47,53)(H,48,54)(H,49,52)/b29-15+,30-21+/t28-,31-,32+,33-,35?,36-,37?,39-,40+/m0/s1. The van der Waals surface area contributed by atoms with Crippen LogP contribution < -0.4 is 16.0 Å². The summed E-state index contributed by atoms with van der Waals surface area (Å²) in [4.78, 5) is 99.0. The van der Waals surface area contributed by atoms with Gasteiger partial charge in [-0.25, -0.2) is 9.59 Å². The van der Waals surface area contributed by atoms with Crippen LogP contribution in [0.4, 0.5) is 0 Å². The first kappa shape index (κ1) is 53.4. The molecular weight excluding hydrogens is 815 g/mol. The van der Waals surface area contributed by atoms with Crippen LogP contribution in [-0.2, 0) is 54.2 Å². The normalized spacial score (nSPS) is 28.0. The number of hydrogen-bond acceptors (Lipinski definition) is 11. The average molecular weight is 886 g/mol. The molecule has 0 spiro atoms. The zero-order chi connectivity index (χ0) is 46.8. The topological polar surface area (TPSA) is 190 Å². The molecule has 0 saturated carbocycles. The summed E-state index contributed by atoms with van der Waals surface area (Å²) in [6.45, 7) is 17.1. The molecule has 1 aromatic carbocycles. The monoisotopic (exact) mass is 885 g/mol. The molecular formula is C46H71N5O10S. The fourth-order valence-corrected chi connectivity index (χ4v) is 7.22. The van der Waals surface area contributed by atoms with Crippen molar-refractivity contribution in [3.05, 3.63) is 59.2 Å². The highest BCUT2D eigenvalue weighted by atomic mass is 32.2. The van der Waals surface area contributed by atoms with Crippen molar-refractivity contribution in [1.29, 1.82) is 0 Å². The number of ether oxygens (including phenoxy) is 3. The number of cyclic esters (lactones) is 2. The van der Waals surface area contributed by atoms with Crippen LogP contribution in [0.5, 0.6) is 0 Å². The van der Waals surface area contributed by atoms with E-state index in [1.54, 1.807) is 32.1 Å². The van der Waals surface area contributed by atoms with E-state index in [1.807, 2.05) is 72.1 Å². The van der Waals surface area contributed by atoms with Crippen molar-refractivity contribution in [1.82, 2.24) is 25.8 Å². The minimum Gasteiger partial charge on any atom is -0.456 e. The third-order valence-corrected chi connectivity index (χ3v) is 11.6. The third-order valence-electron chi connectivity index (χ3n) is 11.2. The van der Waals surface area contributed by atoms with E-state index in [0.29, 0.717) is 12.4 Å². The van der Waals surface area contributed by atoms with Gasteiger partial charge in [-0.1, -0.05) is 83.5 Å². The van der Waals surface area contributed by atoms with Crippen molar-refractivity contribution in [3.63, 3.8) is 0 Å². The maximum Gasteiger partial charge on any atom is 0.334 e. The maximum atomic E-state index is 14.2. The number of carbonyl (C=O) groups excluding carboxylic acids is 7. The quantitative estimate of drug-likeness (QED) is 0.170. The van der Waals surface area contributed by atoms with Crippen molar-refractivity contribution >= 4 is 53.2 Å². The van der Waals surface area contributed by atoms with Crippen LogP contribution in [0.3, 0.4) is 0 Å². The van der Waals surface area contributed by atoms with Crippen LogP contribution in [0.25, 0.3) is 0 Å². The summed E-state index contributed by atoms with van der Waals surface area (Å²) in [5.74, 6) is -5.02. The van der Waals surface area contributed by atoms with Gasteiger partial charge in [0.25, 0.3) is 5.91 Å². The molecule has 1 aliphatic rings. The SMILES string of the molecule is C/C=C(\C)[C@H]1OC(=O)[C@H](C)NC(=O)[C@H]([C@@H](C)CC)NC(=O)CN(C)C(=O)C(Cc2ccccc2)N(C)C(=O)[C@@H](C)NC(=O)C(CC(C)C)OC(=O)/C(C)=C/C[C@H](OCSC)[C@@H]1C. The first-order valence-electron chi connectivity index (χ1n) is 21.4. The molecule has 0 fully saturated rings. The van der Waals surface area contributed by atoms with Gasteiger partial charge in [0.15, 0.2) is 6.10 Å². The lowest BCUT2D eigenvalue weighted by Crippen LogP contribution is -2.57. The van der Waals surface area contributed by atoms with Gasteiger partial charge in [-0.2, -0.15) is 0 Å². The van der Waals surface area contributed by atoms with Gasteiger partial charge in [-0.3, -0.25) is 24.0 Å².